The summed E-state index contributed by atoms with van der Waals surface area (Å²) in [5.41, 5.74) is 3.55. The van der Waals surface area contributed by atoms with E-state index in [1.54, 1.807) is 6.20 Å². The third kappa shape index (κ3) is 2.59. The maximum absolute atomic E-state index is 10.4. The summed E-state index contributed by atoms with van der Waals surface area (Å²) in [4.78, 5) is 4.32. The van der Waals surface area contributed by atoms with Crippen molar-refractivity contribution < 1.29 is 5.11 Å². The molecule has 0 aliphatic carbocycles. The Hall–Kier alpha value is -1.68. The number of rotatable bonds is 4. The summed E-state index contributed by atoms with van der Waals surface area (Å²) in [5, 5.41) is 14.7. The Morgan fingerprint density at radius 2 is 1.94 bits per heavy atom. The van der Waals surface area contributed by atoms with E-state index in [0.717, 1.165) is 35.6 Å². The van der Waals surface area contributed by atoms with Crippen molar-refractivity contribution in [1.82, 2.24) is 14.8 Å². The zero-order valence-corrected chi connectivity index (χ0v) is 11.1. The van der Waals surface area contributed by atoms with Crippen molar-refractivity contribution in [2.24, 2.45) is 0 Å². The Balaban J connectivity index is 2.34. The lowest BCUT2D eigenvalue weighted by atomic mass is 10.1. The van der Waals surface area contributed by atoms with Gasteiger partial charge in [0.25, 0.3) is 0 Å². The Bertz CT molecular complexity index is 513. The van der Waals surface area contributed by atoms with Crippen LogP contribution in [0.3, 0.4) is 0 Å². The van der Waals surface area contributed by atoms with Crippen LogP contribution in [0.15, 0.2) is 24.4 Å². The van der Waals surface area contributed by atoms with Crippen molar-refractivity contribution in [3.05, 3.63) is 47.0 Å². The standard InChI is InChI=1S/C14H19N3O/c1-4-7-17-13(5-6-15-17)14(18)12-8-10(2)16-11(3)9-12/h5-6,8-9,14,18H,4,7H2,1-3H3. The molecule has 0 saturated heterocycles. The summed E-state index contributed by atoms with van der Waals surface area (Å²) < 4.78 is 1.86. The lowest BCUT2D eigenvalue weighted by Crippen LogP contribution is -2.10. The first kappa shape index (κ1) is 12.8. The van der Waals surface area contributed by atoms with Crippen LogP contribution in [0.5, 0.6) is 0 Å². The van der Waals surface area contributed by atoms with Gasteiger partial charge in [-0.1, -0.05) is 6.92 Å². The molecule has 2 rings (SSSR count). The van der Waals surface area contributed by atoms with Gasteiger partial charge in [0.2, 0.25) is 0 Å². The predicted molar refractivity (Wildman–Crippen MR) is 70.3 cm³/mol. The molecule has 18 heavy (non-hydrogen) atoms. The second-order valence-electron chi connectivity index (χ2n) is 4.56. The lowest BCUT2D eigenvalue weighted by Gasteiger charge is -2.14. The van der Waals surface area contributed by atoms with Crippen LogP contribution in [0.4, 0.5) is 0 Å². The fourth-order valence-electron chi connectivity index (χ4n) is 2.17. The largest absolute Gasteiger partial charge is 0.382 e. The molecule has 1 N–H and O–H groups in total. The molecule has 0 radical (unpaired) electrons. The summed E-state index contributed by atoms with van der Waals surface area (Å²) in [6.07, 6.45) is 2.09. The topological polar surface area (TPSA) is 50.9 Å². The maximum atomic E-state index is 10.4. The van der Waals surface area contributed by atoms with E-state index < -0.39 is 6.10 Å². The summed E-state index contributed by atoms with van der Waals surface area (Å²) >= 11 is 0. The molecule has 96 valence electrons. The highest BCUT2D eigenvalue weighted by atomic mass is 16.3. The van der Waals surface area contributed by atoms with Gasteiger partial charge in [0.15, 0.2) is 0 Å². The van der Waals surface area contributed by atoms with Crippen LogP contribution < -0.4 is 0 Å². The normalized spacial score (nSPS) is 12.7. The molecule has 1 unspecified atom stereocenters. The number of hydrogen-bond acceptors (Lipinski definition) is 3. The smallest absolute Gasteiger partial charge is 0.121 e. The van der Waals surface area contributed by atoms with Gasteiger partial charge in [-0.05, 0) is 44.0 Å². The van der Waals surface area contributed by atoms with Crippen LogP contribution in [0.25, 0.3) is 0 Å². The van der Waals surface area contributed by atoms with Crippen LogP contribution in [0.1, 0.15) is 42.1 Å². The van der Waals surface area contributed by atoms with E-state index in [1.165, 1.54) is 0 Å². The molecule has 4 heteroatoms. The highest BCUT2D eigenvalue weighted by Gasteiger charge is 2.15. The van der Waals surface area contributed by atoms with Crippen LogP contribution in [-0.2, 0) is 6.54 Å². The first-order valence-electron chi connectivity index (χ1n) is 6.26. The molecule has 0 fully saturated rings. The highest BCUT2D eigenvalue weighted by molar-refractivity contribution is 5.28. The number of aromatic nitrogens is 3. The molecule has 0 aromatic carbocycles. The van der Waals surface area contributed by atoms with Gasteiger partial charge in [-0.2, -0.15) is 5.10 Å². The fourth-order valence-corrected chi connectivity index (χ4v) is 2.17. The van der Waals surface area contributed by atoms with Crippen molar-refractivity contribution in [3.8, 4) is 0 Å². The summed E-state index contributed by atoms with van der Waals surface area (Å²) in [6, 6.07) is 5.70. The van der Waals surface area contributed by atoms with Gasteiger partial charge < -0.3 is 5.11 Å². The number of aryl methyl sites for hydroxylation is 3. The molecule has 0 bridgehead atoms. The molecule has 4 nitrogen and oxygen atoms in total. The Morgan fingerprint density at radius 1 is 1.28 bits per heavy atom. The van der Waals surface area contributed by atoms with Crippen molar-refractivity contribution >= 4 is 0 Å². The predicted octanol–water partition coefficient (Wildman–Crippen LogP) is 2.39. The van der Waals surface area contributed by atoms with Gasteiger partial charge in [-0.25, -0.2) is 0 Å². The minimum atomic E-state index is -0.639. The molecule has 0 aliphatic heterocycles. The van der Waals surface area contributed by atoms with E-state index in [1.807, 2.05) is 36.7 Å². The number of hydrogen-bond donors (Lipinski definition) is 1. The van der Waals surface area contributed by atoms with Gasteiger partial charge in [0.05, 0.1) is 5.69 Å². The van der Waals surface area contributed by atoms with Gasteiger partial charge in [-0.15, -0.1) is 0 Å². The minimum absolute atomic E-state index is 0.639. The average molecular weight is 245 g/mol. The van der Waals surface area contributed by atoms with Gasteiger partial charge >= 0.3 is 0 Å². The lowest BCUT2D eigenvalue weighted by molar-refractivity contribution is 0.207. The molecular formula is C14H19N3O. The number of aliphatic hydroxyl groups excluding tert-OH is 1. The molecule has 2 heterocycles. The molecule has 0 spiro atoms. The molecular weight excluding hydrogens is 226 g/mol. The SMILES string of the molecule is CCCn1nccc1C(O)c1cc(C)nc(C)c1. The number of nitrogens with zero attached hydrogens (tertiary/aromatic N) is 3. The minimum Gasteiger partial charge on any atom is -0.382 e. The average Bonchev–Trinajstić information content (AvgIpc) is 2.75. The van der Waals surface area contributed by atoms with Crippen molar-refractivity contribution in [2.75, 3.05) is 0 Å². The quantitative estimate of drug-likeness (QED) is 0.899. The third-order valence-corrected chi connectivity index (χ3v) is 2.88. The molecule has 1 atom stereocenters. The Labute approximate surface area is 107 Å². The van der Waals surface area contributed by atoms with Gasteiger partial charge in [0, 0.05) is 24.1 Å². The van der Waals surface area contributed by atoms with Crippen LogP contribution in [0.2, 0.25) is 0 Å². The van der Waals surface area contributed by atoms with Crippen LogP contribution in [-0.4, -0.2) is 19.9 Å². The molecule has 0 amide bonds. The second-order valence-corrected chi connectivity index (χ2v) is 4.56. The molecule has 0 saturated carbocycles. The Morgan fingerprint density at radius 3 is 2.56 bits per heavy atom. The van der Waals surface area contributed by atoms with E-state index in [4.69, 9.17) is 0 Å². The summed E-state index contributed by atoms with van der Waals surface area (Å²) in [7, 11) is 0. The number of pyridine rings is 1. The van der Waals surface area contributed by atoms with Crippen LogP contribution in [0, 0.1) is 13.8 Å². The summed E-state index contributed by atoms with van der Waals surface area (Å²) in [5.74, 6) is 0. The zero-order chi connectivity index (χ0) is 13.1. The first-order chi connectivity index (χ1) is 8.61. The highest BCUT2D eigenvalue weighted by Crippen LogP contribution is 2.22. The van der Waals surface area contributed by atoms with E-state index in [-0.39, 0.29) is 0 Å². The Kier molecular flexibility index (Phi) is 3.77. The van der Waals surface area contributed by atoms with E-state index in [2.05, 4.69) is 17.0 Å². The zero-order valence-electron chi connectivity index (χ0n) is 11.1. The fraction of sp³-hybridized carbons (Fsp3) is 0.429. The molecule has 2 aromatic rings. The van der Waals surface area contributed by atoms with E-state index >= 15 is 0 Å². The second kappa shape index (κ2) is 5.31. The van der Waals surface area contributed by atoms with Crippen molar-refractivity contribution in [3.63, 3.8) is 0 Å². The summed E-state index contributed by atoms with van der Waals surface area (Å²) in [6.45, 7) is 6.79. The van der Waals surface area contributed by atoms with Crippen LogP contribution >= 0.6 is 0 Å². The van der Waals surface area contributed by atoms with Gasteiger partial charge in [-0.3, -0.25) is 9.67 Å². The molecule has 0 aliphatic rings. The first-order valence-corrected chi connectivity index (χ1v) is 6.26. The maximum Gasteiger partial charge on any atom is 0.121 e. The van der Waals surface area contributed by atoms with Gasteiger partial charge in [0.1, 0.15) is 6.10 Å². The van der Waals surface area contributed by atoms with E-state index in [0.29, 0.717) is 0 Å². The molecule has 2 aromatic heterocycles. The van der Waals surface area contributed by atoms with E-state index in [9.17, 15) is 5.11 Å². The third-order valence-electron chi connectivity index (χ3n) is 2.88. The van der Waals surface area contributed by atoms with Crippen molar-refractivity contribution in [2.45, 2.75) is 39.8 Å². The number of aliphatic hydroxyl groups is 1. The monoisotopic (exact) mass is 245 g/mol. The van der Waals surface area contributed by atoms with Crippen molar-refractivity contribution in [1.29, 1.82) is 0 Å².